The van der Waals surface area contributed by atoms with Crippen LogP contribution in [-0.2, 0) is 6.42 Å². The fraction of sp³-hybridized carbons (Fsp3) is 0.438. The lowest BCUT2D eigenvalue weighted by atomic mass is 9.68. The quantitative estimate of drug-likeness (QED) is 0.912. The van der Waals surface area contributed by atoms with Crippen LogP contribution in [0.4, 0.5) is 4.39 Å². The molecule has 23 heavy (non-hydrogen) atoms. The number of nitriles is 1. The molecular weight excluding hydrogens is 319 g/mol. The molecule has 1 aromatic heterocycles. The van der Waals surface area contributed by atoms with Gasteiger partial charge in [0.15, 0.2) is 5.82 Å². The first kappa shape index (κ1) is 15.9. The Kier molecular flexibility index (Phi) is 3.66. The molecule has 120 valence electrons. The third-order valence-electron chi connectivity index (χ3n) is 4.64. The van der Waals surface area contributed by atoms with E-state index in [1.807, 2.05) is 0 Å². The van der Waals surface area contributed by atoms with Crippen LogP contribution in [0.1, 0.15) is 37.7 Å². The first-order valence-electron chi connectivity index (χ1n) is 7.27. The molecule has 2 aliphatic rings. The molecule has 0 saturated heterocycles. The molecular formula is C16H16ClFN4O. The minimum atomic E-state index is -1.40. The number of benzene rings is 1. The van der Waals surface area contributed by atoms with Gasteiger partial charge in [-0.3, -0.25) is 0 Å². The van der Waals surface area contributed by atoms with E-state index in [0.29, 0.717) is 16.4 Å². The Bertz CT molecular complexity index is 772. The predicted molar refractivity (Wildman–Crippen MR) is 82.2 cm³/mol. The maximum absolute atomic E-state index is 14.0. The Hall–Kier alpha value is -1.97. The van der Waals surface area contributed by atoms with E-state index in [0.717, 1.165) is 0 Å². The number of aromatic nitrogens is 3. The van der Waals surface area contributed by atoms with Gasteiger partial charge >= 0.3 is 0 Å². The molecule has 1 aromatic carbocycles. The minimum absolute atomic E-state index is 0.204. The van der Waals surface area contributed by atoms with Gasteiger partial charge in [0.2, 0.25) is 0 Å². The molecule has 2 atom stereocenters. The zero-order valence-corrected chi connectivity index (χ0v) is 13.5. The van der Waals surface area contributed by atoms with E-state index in [-0.39, 0.29) is 12.8 Å². The van der Waals surface area contributed by atoms with E-state index in [1.54, 1.807) is 30.7 Å². The van der Waals surface area contributed by atoms with Crippen molar-refractivity contribution in [3.8, 4) is 6.07 Å². The number of halogens is 2. The van der Waals surface area contributed by atoms with Gasteiger partial charge in [-0.25, -0.2) is 14.1 Å². The van der Waals surface area contributed by atoms with Crippen LogP contribution in [0.15, 0.2) is 24.5 Å². The smallest absolute Gasteiger partial charge is 0.178 e. The van der Waals surface area contributed by atoms with E-state index in [1.165, 1.54) is 12.4 Å². The molecule has 0 amide bonds. The number of fused-ring (bicyclic) bond motifs is 1. The number of aryl methyl sites for hydroxylation is 1. The first-order valence-corrected chi connectivity index (χ1v) is 7.65. The van der Waals surface area contributed by atoms with E-state index in [9.17, 15) is 14.8 Å². The molecule has 3 heterocycles. The maximum atomic E-state index is 14.0. The van der Waals surface area contributed by atoms with Gasteiger partial charge < -0.3 is 5.11 Å². The molecule has 0 saturated carbocycles. The largest absolute Gasteiger partial charge is 0.385 e. The lowest BCUT2D eigenvalue weighted by Crippen LogP contribution is -2.54. The first-order chi connectivity index (χ1) is 10.8. The van der Waals surface area contributed by atoms with Gasteiger partial charge in [0.1, 0.15) is 23.8 Å². The highest BCUT2D eigenvalue weighted by atomic mass is 35.5. The lowest BCUT2D eigenvalue weighted by Gasteiger charge is -2.44. The molecule has 2 aromatic rings. The summed E-state index contributed by atoms with van der Waals surface area (Å²) in [6, 6.07) is 6.15. The molecule has 0 spiro atoms. The van der Waals surface area contributed by atoms with Gasteiger partial charge in [0.05, 0.1) is 11.5 Å². The van der Waals surface area contributed by atoms with E-state index < -0.39 is 22.9 Å². The standard InChI is InChI=1S/C16H16ClFN4O/c1-15(2,8-19)16(23,13-14-20-9-22(13)21-14)6-5-10-3-4-11(17)7-12(10)18/h3-4,7,9,13,23H,5-6H2,1-2H3. The van der Waals surface area contributed by atoms with Crippen molar-refractivity contribution in [3.05, 3.63) is 46.8 Å². The monoisotopic (exact) mass is 334 g/mol. The van der Waals surface area contributed by atoms with Crippen molar-refractivity contribution < 1.29 is 9.50 Å². The summed E-state index contributed by atoms with van der Waals surface area (Å²) in [5, 5.41) is 25.2. The van der Waals surface area contributed by atoms with Crippen molar-refractivity contribution in [2.24, 2.45) is 5.41 Å². The van der Waals surface area contributed by atoms with Crippen LogP contribution in [0.2, 0.25) is 5.02 Å². The number of aliphatic hydroxyl groups is 1. The van der Waals surface area contributed by atoms with Crippen LogP contribution in [0.5, 0.6) is 0 Å². The van der Waals surface area contributed by atoms with Crippen LogP contribution in [0, 0.1) is 22.6 Å². The predicted octanol–water partition coefficient (Wildman–Crippen LogP) is 2.89. The Morgan fingerprint density at radius 2 is 2.22 bits per heavy atom. The van der Waals surface area contributed by atoms with Gasteiger partial charge in [-0.15, -0.1) is 0 Å². The lowest BCUT2D eigenvalue weighted by molar-refractivity contribution is -0.0893. The van der Waals surface area contributed by atoms with Crippen molar-refractivity contribution in [1.82, 2.24) is 14.8 Å². The Balaban J connectivity index is 1.88. The SMILES string of the molecule is CC(C)(C#N)C(O)(CCc1ccc(Cl)cc1F)C1c2ncn1n2. The fourth-order valence-electron chi connectivity index (χ4n) is 2.97. The number of hydrogen-bond donors (Lipinski definition) is 1. The highest BCUT2D eigenvalue weighted by Gasteiger charge is 2.56. The van der Waals surface area contributed by atoms with Crippen LogP contribution < -0.4 is 0 Å². The average Bonchev–Trinajstić information content (AvgIpc) is 3.10. The second kappa shape index (κ2) is 5.29. The molecule has 4 rings (SSSR count). The van der Waals surface area contributed by atoms with Gasteiger partial charge in [-0.1, -0.05) is 17.7 Å². The molecule has 2 bridgehead atoms. The number of nitrogens with zero attached hydrogens (tertiary/aromatic N) is 4. The van der Waals surface area contributed by atoms with Gasteiger partial charge in [0.25, 0.3) is 0 Å². The van der Waals surface area contributed by atoms with Crippen molar-refractivity contribution in [2.75, 3.05) is 0 Å². The third kappa shape index (κ3) is 2.41. The highest BCUT2D eigenvalue weighted by Crippen LogP contribution is 2.47. The summed E-state index contributed by atoms with van der Waals surface area (Å²) in [4.78, 5) is 4.08. The Morgan fingerprint density at radius 3 is 2.74 bits per heavy atom. The summed E-state index contributed by atoms with van der Waals surface area (Å²) >= 11 is 5.76. The summed E-state index contributed by atoms with van der Waals surface area (Å²) in [5.74, 6) is 0.0903. The Labute approximate surface area is 138 Å². The van der Waals surface area contributed by atoms with Gasteiger partial charge in [0, 0.05) is 5.02 Å². The van der Waals surface area contributed by atoms with E-state index in [4.69, 9.17) is 11.6 Å². The summed E-state index contributed by atoms with van der Waals surface area (Å²) in [5.41, 5.74) is -2.00. The van der Waals surface area contributed by atoms with Crippen molar-refractivity contribution in [1.29, 1.82) is 5.26 Å². The molecule has 2 unspecified atom stereocenters. The van der Waals surface area contributed by atoms with E-state index >= 15 is 0 Å². The minimum Gasteiger partial charge on any atom is -0.385 e. The van der Waals surface area contributed by atoms with Crippen molar-refractivity contribution >= 4 is 11.6 Å². The molecule has 7 heteroatoms. The zero-order chi connectivity index (χ0) is 16.8. The summed E-state index contributed by atoms with van der Waals surface area (Å²) < 4.78 is 15.5. The summed E-state index contributed by atoms with van der Waals surface area (Å²) in [6.07, 6.45) is 2.01. The topological polar surface area (TPSA) is 74.7 Å². The van der Waals surface area contributed by atoms with Crippen molar-refractivity contribution in [2.45, 2.75) is 38.3 Å². The van der Waals surface area contributed by atoms with Crippen LogP contribution in [0.25, 0.3) is 0 Å². The Morgan fingerprint density at radius 1 is 1.48 bits per heavy atom. The van der Waals surface area contributed by atoms with Crippen LogP contribution in [0.3, 0.4) is 0 Å². The molecule has 2 aliphatic heterocycles. The summed E-state index contributed by atoms with van der Waals surface area (Å²) in [7, 11) is 0. The van der Waals surface area contributed by atoms with Crippen molar-refractivity contribution in [3.63, 3.8) is 0 Å². The molecule has 0 radical (unpaired) electrons. The highest BCUT2D eigenvalue weighted by molar-refractivity contribution is 6.30. The number of rotatable bonds is 5. The number of hydrogen-bond acceptors (Lipinski definition) is 4. The van der Waals surface area contributed by atoms with Gasteiger partial charge in [-0.2, -0.15) is 10.4 Å². The maximum Gasteiger partial charge on any atom is 0.178 e. The van der Waals surface area contributed by atoms with Crippen LogP contribution in [-0.4, -0.2) is 25.5 Å². The molecule has 1 N–H and O–H groups in total. The average molecular weight is 335 g/mol. The third-order valence-corrected chi connectivity index (χ3v) is 4.88. The normalized spacial score (nSPS) is 18.9. The summed E-state index contributed by atoms with van der Waals surface area (Å²) in [6.45, 7) is 3.34. The second-order valence-electron chi connectivity index (χ2n) is 6.38. The molecule has 0 fully saturated rings. The fourth-order valence-corrected chi connectivity index (χ4v) is 3.13. The molecule has 5 nitrogen and oxygen atoms in total. The molecule has 0 aliphatic carbocycles. The second-order valence-corrected chi connectivity index (χ2v) is 6.82. The van der Waals surface area contributed by atoms with Crippen LogP contribution >= 0.6 is 11.6 Å². The zero-order valence-electron chi connectivity index (χ0n) is 12.8. The van der Waals surface area contributed by atoms with Gasteiger partial charge in [-0.05, 0) is 44.4 Å². The van der Waals surface area contributed by atoms with E-state index in [2.05, 4.69) is 16.2 Å².